The minimum absolute atomic E-state index is 0.0162. The first kappa shape index (κ1) is 14.6. The molecule has 5 heteroatoms. The maximum Gasteiger partial charge on any atom is 0.315 e. The van der Waals surface area contributed by atoms with Gasteiger partial charge < -0.3 is 15.7 Å². The predicted octanol–water partition coefficient (Wildman–Crippen LogP) is 2.28. The molecule has 3 N–H and O–H groups in total. The normalized spacial score (nSPS) is 10.2. The van der Waals surface area contributed by atoms with E-state index in [9.17, 15) is 9.90 Å². The third-order valence-electron chi connectivity index (χ3n) is 3.01. The lowest BCUT2D eigenvalue weighted by molar-refractivity contribution is 0.240. The second-order valence-electron chi connectivity index (χ2n) is 4.42. The van der Waals surface area contributed by atoms with Gasteiger partial charge in [0.2, 0.25) is 0 Å². The van der Waals surface area contributed by atoms with Gasteiger partial charge in [-0.2, -0.15) is 11.3 Å². The Bertz CT molecular complexity index is 541. The molecule has 1 aromatic carbocycles. The highest BCUT2D eigenvalue weighted by molar-refractivity contribution is 7.07. The summed E-state index contributed by atoms with van der Waals surface area (Å²) < 4.78 is 0. The number of rotatable bonds is 6. The van der Waals surface area contributed by atoms with E-state index in [4.69, 9.17) is 0 Å². The van der Waals surface area contributed by atoms with Crippen molar-refractivity contribution in [1.29, 1.82) is 0 Å². The molecule has 2 aromatic rings. The van der Waals surface area contributed by atoms with Gasteiger partial charge in [0.05, 0.1) is 6.61 Å². The zero-order valence-electron chi connectivity index (χ0n) is 11.1. The summed E-state index contributed by atoms with van der Waals surface area (Å²) in [4.78, 5) is 11.7. The van der Waals surface area contributed by atoms with Crippen LogP contribution < -0.4 is 10.6 Å². The highest BCUT2D eigenvalue weighted by Gasteiger charge is 2.03. The summed E-state index contributed by atoms with van der Waals surface area (Å²) >= 11 is 1.66. The Morgan fingerprint density at radius 1 is 1.15 bits per heavy atom. The molecule has 1 aromatic heterocycles. The monoisotopic (exact) mass is 290 g/mol. The Morgan fingerprint density at radius 3 is 2.65 bits per heavy atom. The van der Waals surface area contributed by atoms with Crippen molar-refractivity contribution in [2.24, 2.45) is 0 Å². The number of hydrogen-bond donors (Lipinski definition) is 3. The fraction of sp³-hybridized carbons (Fsp3) is 0.267. The Labute approximate surface area is 122 Å². The first-order valence-electron chi connectivity index (χ1n) is 6.50. The molecule has 4 nitrogen and oxygen atoms in total. The topological polar surface area (TPSA) is 61.4 Å². The molecule has 0 bridgehead atoms. The molecule has 106 valence electrons. The van der Waals surface area contributed by atoms with Crippen molar-refractivity contribution in [2.75, 3.05) is 6.54 Å². The number of aliphatic hydroxyl groups is 1. The molecular weight excluding hydrogens is 272 g/mol. The predicted molar refractivity (Wildman–Crippen MR) is 80.6 cm³/mol. The van der Waals surface area contributed by atoms with E-state index < -0.39 is 0 Å². The van der Waals surface area contributed by atoms with E-state index in [1.54, 1.807) is 11.3 Å². The van der Waals surface area contributed by atoms with Gasteiger partial charge in [-0.1, -0.05) is 24.3 Å². The van der Waals surface area contributed by atoms with E-state index in [2.05, 4.69) is 22.1 Å². The zero-order valence-corrected chi connectivity index (χ0v) is 12.0. The second kappa shape index (κ2) is 7.67. The number of urea groups is 1. The van der Waals surface area contributed by atoms with Crippen LogP contribution in [0.1, 0.15) is 16.7 Å². The van der Waals surface area contributed by atoms with Gasteiger partial charge in [0.25, 0.3) is 0 Å². The molecule has 20 heavy (non-hydrogen) atoms. The van der Waals surface area contributed by atoms with Crippen LogP contribution in [0.15, 0.2) is 41.1 Å². The van der Waals surface area contributed by atoms with E-state index in [-0.39, 0.29) is 12.6 Å². The van der Waals surface area contributed by atoms with Gasteiger partial charge in [-0.15, -0.1) is 0 Å². The van der Waals surface area contributed by atoms with E-state index in [1.807, 2.05) is 29.6 Å². The van der Waals surface area contributed by atoms with Gasteiger partial charge in [-0.05, 0) is 39.9 Å². The van der Waals surface area contributed by atoms with Gasteiger partial charge in [0, 0.05) is 13.1 Å². The highest BCUT2D eigenvalue weighted by Crippen LogP contribution is 2.08. The summed E-state index contributed by atoms with van der Waals surface area (Å²) in [6.45, 7) is 1.02. The quantitative estimate of drug-likeness (QED) is 0.764. The molecule has 0 atom stereocenters. The van der Waals surface area contributed by atoms with Crippen molar-refractivity contribution in [3.63, 3.8) is 0 Å². The number of amides is 2. The van der Waals surface area contributed by atoms with Crippen molar-refractivity contribution in [1.82, 2.24) is 10.6 Å². The van der Waals surface area contributed by atoms with Crippen molar-refractivity contribution < 1.29 is 9.90 Å². The largest absolute Gasteiger partial charge is 0.392 e. The van der Waals surface area contributed by atoms with Crippen LogP contribution in [0.3, 0.4) is 0 Å². The molecule has 2 rings (SSSR count). The van der Waals surface area contributed by atoms with E-state index in [0.29, 0.717) is 13.1 Å². The van der Waals surface area contributed by atoms with Crippen LogP contribution in [-0.2, 0) is 19.6 Å². The van der Waals surface area contributed by atoms with Gasteiger partial charge in [0.1, 0.15) is 0 Å². The Hall–Kier alpha value is -1.85. The Kier molecular flexibility index (Phi) is 5.58. The van der Waals surface area contributed by atoms with Crippen LogP contribution in [0, 0.1) is 0 Å². The average molecular weight is 290 g/mol. The average Bonchev–Trinajstić information content (AvgIpc) is 2.98. The highest BCUT2D eigenvalue weighted by atomic mass is 32.1. The summed E-state index contributed by atoms with van der Waals surface area (Å²) in [5.41, 5.74) is 3.01. The minimum Gasteiger partial charge on any atom is -0.392 e. The zero-order chi connectivity index (χ0) is 14.2. The lowest BCUT2D eigenvalue weighted by Crippen LogP contribution is -2.36. The molecule has 2 amide bonds. The van der Waals surface area contributed by atoms with Crippen molar-refractivity contribution >= 4 is 17.4 Å². The van der Waals surface area contributed by atoms with Crippen molar-refractivity contribution in [2.45, 2.75) is 19.6 Å². The first-order valence-corrected chi connectivity index (χ1v) is 7.44. The first-order chi connectivity index (χ1) is 9.79. The third-order valence-corrected chi connectivity index (χ3v) is 3.74. The maximum atomic E-state index is 11.7. The second-order valence-corrected chi connectivity index (χ2v) is 5.20. The van der Waals surface area contributed by atoms with Gasteiger partial charge in [0.15, 0.2) is 0 Å². The van der Waals surface area contributed by atoms with E-state index in [1.165, 1.54) is 5.56 Å². The Morgan fingerprint density at radius 2 is 1.95 bits per heavy atom. The van der Waals surface area contributed by atoms with Gasteiger partial charge in [-0.3, -0.25) is 0 Å². The van der Waals surface area contributed by atoms with E-state index in [0.717, 1.165) is 17.5 Å². The third kappa shape index (κ3) is 4.36. The number of carbonyl (C=O) groups is 1. The summed E-state index contributed by atoms with van der Waals surface area (Å²) in [5.74, 6) is 0. The fourth-order valence-corrected chi connectivity index (χ4v) is 2.58. The standard InChI is InChI=1S/C15H18N2O2S/c18-10-14-4-2-1-3-13(14)9-17-15(19)16-7-5-12-6-8-20-11-12/h1-4,6,8,11,18H,5,7,9-10H2,(H2,16,17,19). The number of hydrogen-bond acceptors (Lipinski definition) is 3. The minimum atomic E-state index is -0.187. The van der Waals surface area contributed by atoms with Crippen LogP contribution in [0.4, 0.5) is 4.79 Å². The lowest BCUT2D eigenvalue weighted by Gasteiger charge is -2.10. The molecular formula is C15H18N2O2S. The molecule has 0 aliphatic heterocycles. The fourth-order valence-electron chi connectivity index (χ4n) is 1.88. The number of benzene rings is 1. The van der Waals surface area contributed by atoms with E-state index >= 15 is 0 Å². The lowest BCUT2D eigenvalue weighted by atomic mass is 10.1. The van der Waals surface area contributed by atoms with Gasteiger partial charge in [-0.25, -0.2) is 4.79 Å². The number of carbonyl (C=O) groups excluding carboxylic acids is 1. The van der Waals surface area contributed by atoms with Gasteiger partial charge >= 0.3 is 6.03 Å². The summed E-state index contributed by atoms with van der Waals surface area (Å²) in [7, 11) is 0. The van der Waals surface area contributed by atoms with Crippen LogP contribution in [0.5, 0.6) is 0 Å². The summed E-state index contributed by atoms with van der Waals surface area (Å²) in [6, 6.07) is 9.39. The van der Waals surface area contributed by atoms with Crippen LogP contribution in [-0.4, -0.2) is 17.7 Å². The molecule has 0 spiro atoms. The summed E-state index contributed by atoms with van der Waals surface area (Å²) in [6.07, 6.45) is 0.837. The molecule has 0 aliphatic rings. The summed E-state index contributed by atoms with van der Waals surface area (Å²) in [5, 5.41) is 18.9. The molecule has 1 heterocycles. The molecule has 0 aliphatic carbocycles. The number of aliphatic hydroxyl groups excluding tert-OH is 1. The Balaban J connectivity index is 1.72. The van der Waals surface area contributed by atoms with Crippen molar-refractivity contribution in [3.05, 3.63) is 57.8 Å². The molecule has 0 radical (unpaired) electrons. The maximum absolute atomic E-state index is 11.7. The van der Waals surface area contributed by atoms with Crippen LogP contribution in [0.2, 0.25) is 0 Å². The smallest absolute Gasteiger partial charge is 0.315 e. The molecule has 0 saturated heterocycles. The number of nitrogens with one attached hydrogen (secondary N) is 2. The molecule has 0 saturated carbocycles. The SMILES string of the molecule is O=C(NCCc1ccsc1)NCc1ccccc1CO. The van der Waals surface area contributed by atoms with Crippen LogP contribution >= 0.6 is 11.3 Å². The molecule has 0 unspecified atom stereocenters. The number of thiophene rings is 1. The van der Waals surface area contributed by atoms with Crippen molar-refractivity contribution in [3.8, 4) is 0 Å². The molecule has 0 fully saturated rings. The van der Waals surface area contributed by atoms with Crippen LogP contribution in [0.25, 0.3) is 0 Å².